The molecule has 0 saturated carbocycles. The number of aromatic nitrogens is 2. The second-order valence-corrected chi connectivity index (χ2v) is 4.18. The van der Waals surface area contributed by atoms with Crippen LogP contribution in [-0.2, 0) is 0 Å². The van der Waals surface area contributed by atoms with Crippen molar-refractivity contribution in [2.75, 3.05) is 18.4 Å². The quantitative estimate of drug-likeness (QED) is 0.819. The molecule has 1 saturated heterocycles. The summed E-state index contributed by atoms with van der Waals surface area (Å²) in [5.41, 5.74) is 0.886. The molecule has 1 fully saturated rings. The smallest absolute Gasteiger partial charge is 0.224 e. The highest BCUT2D eigenvalue weighted by atomic mass is 35.5. The first-order valence-electron chi connectivity index (χ1n) is 5.22. The van der Waals surface area contributed by atoms with Crippen molar-refractivity contribution >= 4 is 29.8 Å². The molecule has 0 aliphatic carbocycles. The van der Waals surface area contributed by atoms with Gasteiger partial charge in [0.25, 0.3) is 0 Å². The van der Waals surface area contributed by atoms with E-state index in [1.807, 2.05) is 13.0 Å². The van der Waals surface area contributed by atoms with Crippen LogP contribution in [0.25, 0.3) is 0 Å². The van der Waals surface area contributed by atoms with Crippen LogP contribution in [0.4, 0.5) is 5.82 Å². The average molecular weight is 263 g/mol. The Morgan fingerprint density at radius 1 is 1.56 bits per heavy atom. The van der Waals surface area contributed by atoms with E-state index < -0.39 is 0 Å². The predicted octanol–water partition coefficient (Wildman–Crippen LogP) is 2.02. The van der Waals surface area contributed by atoms with Gasteiger partial charge in [0.15, 0.2) is 0 Å². The minimum absolute atomic E-state index is 0. The molecule has 1 atom stereocenters. The summed E-state index contributed by atoms with van der Waals surface area (Å²) in [5.74, 6) is 0.807. The molecule has 2 rings (SSSR count). The zero-order valence-corrected chi connectivity index (χ0v) is 10.7. The lowest BCUT2D eigenvalue weighted by molar-refractivity contribution is 0.632. The maximum atomic E-state index is 5.77. The summed E-state index contributed by atoms with van der Waals surface area (Å²) in [6.07, 6.45) is 2.49. The molecule has 1 aliphatic rings. The topological polar surface area (TPSA) is 49.8 Å². The SMILES string of the molecule is Cc1cc(NCC2CCCN2)nc(Cl)n1.Cl. The first-order chi connectivity index (χ1) is 7.24. The van der Waals surface area contributed by atoms with E-state index in [1.54, 1.807) is 0 Å². The van der Waals surface area contributed by atoms with Gasteiger partial charge in [0.1, 0.15) is 5.82 Å². The standard InChI is InChI=1S/C10H15ClN4.ClH/c1-7-5-9(15-10(11)14-7)13-6-8-3-2-4-12-8;/h5,8,12H,2-4,6H2,1H3,(H,13,14,15);1H. The lowest BCUT2D eigenvalue weighted by Gasteiger charge is -2.12. The fourth-order valence-electron chi connectivity index (χ4n) is 1.78. The highest BCUT2D eigenvalue weighted by molar-refractivity contribution is 6.28. The van der Waals surface area contributed by atoms with Crippen LogP contribution in [0.1, 0.15) is 18.5 Å². The lowest BCUT2D eigenvalue weighted by atomic mass is 10.2. The van der Waals surface area contributed by atoms with Crippen molar-refractivity contribution in [2.24, 2.45) is 0 Å². The molecule has 90 valence electrons. The van der Waals surface area contributed by atoms with Gasteiger partial charge in [-0.1, -0.05) is 0 Å². The average Bonchev–Trinajstić information content (AvgIpc) is 2.65. The number of hydrogen-bond acceptors (Lipinski definition) is 4. The Labute approximate surface area is 107 Å². The summed E-state index contributed by atoms with van der Waals surface area (Å²) in [5, 5.41) is 6.99. The van der Waals surface area contributed by atoms with Crippen molar-refractivity contribution in [3.05, 3.63) is 17.0 Å². The molecule has 1 aromatic heterocycles. The van der Waals surface area contributed by atoms with Gasteiger partial charge in [-0.05, 0) is 37.9 Å². The molecular weight excluding hydrogens is 247 g/mol. The van der Waals surface area contributed by atoms with Gasteiger partial charge in [0.05, 0.1) is 0 Å². The van der Waals surface area contributed by atoms with Crippen molar-refractivity contribution in [2.45, 2.75) is 25.8 Å². The van der Waals surface area contributed by atoms with Gasteiger partial charge in [0.2, 0.25) is 5.28 Å². The summed E-state index contributed by atoms with van der Waals surface area (Å²) < 4.78 is 0. The minimum Gasteiger partial charge on any atom is -0.368 e. The summed E-state index contributed by atoms with van der Waals surface area (Å²) >= 11 is 5.77. The Morgan fingerprint density at radius 3 is 3.00 bits per heavy atom. The Hall–Kier alpha value is -0.580. The van der Waals surface area contributed by atoms with Crippen molar-refractivity contribution in [3.8, 4) is 0 Å². The summed E-state index contributed by atoms with van der Waals surface area (Å²) in [6, 6.07) is 2.46. The van der Waals surface area contributed by atoms with Gasteiger partial charge in [-0.25, -0.2) is 9.97 Å². The largest absolute Gasteiger partial charge is 0.368 e. The molecule has 6 heteroatoms. The molecule has 0 radical (unpaired) electrons. The van der Waals surface area contributed by atoms with Crippen LogP contribution >= 0.6 is 24.0 Å². The highest BCUT2D eigenvalue weighted by Crippen LogP contribution is 2.11. The van der Waals surface area contributed by atoms with Crippen LogP contribution in [0.5, 0.6) is 0 Å². The van der Waals surface area contributed by atoms with E-state index >= 15 is 0 Å². The zero-order chi connectivity index (χ0) is 10.7. The molecule has 16 heavy (non-hydrogen) atoms. The fourth-order valence-corrected chi connectivity index (χ4v) is 2.01. The lowest BCUT2D eigenvalue weighted by Crippen LogP contribution is -2.29. The van der Waals surface area contributed by atoms with Crippen molar-refractivity contribution in [1.29, 1.82) is 0 Å². The number of hydrogen-bond donors (Lipinski definition) is 2. The molecule has 2 N–H and O–H groups in total. The molecule has 0 aromatic carbocycles. The van der Waals surface area contributed by atoms with Gasteiger partial charge in [-0.15, -0.1) is 12.4 Å². The normalized spacial score (nSPS) is 19.2. The summed E-state index contributed by atoms with van der Waals surface area (Å²) in [4.78, 5) is 8.12. The molecule has 0 amide bonds. The molecule has 1 unspecified atom stereocenters. The fraction of sp³-hybridized carbons (Fsp3) is 0.600. The van der Waals surface area contributed by atoms with E-state index in [1.165, 1.54) is 12.8 Å². The molecule has 1 aliphatic heterocycles. The van der Waals surface area contributed by atoms with E-state index in [0.29, 0.717) is 11.3 Å². The van der Waals surface area contributed by atoms with Crippen LogP contribution in [0.15, 0.2) is 6.07 Å². The Balaban J connectivity index is 0.00000128. The predicted molar refractivity (Wildman–Crippen MR) is 68.5 cm³/mol. The second kappa shape index (κ2) is 6.23. The summed E-state index contributed by atoms with van der Waals surface area (Å²) in [7, 11) is 0. The van der Waals surface area contributed by atoms with Crippen LogP contribution in [-0.4, -0.2) is 29.1 Å². The number of aryl methyl sites for hydroxylation is 1. The van der Waals surface area contributed by atoms with E-state index in [4.69, 9.17) is 11.6 Å². The van der Waals surface area contributed by atoms with E-state index in [9.17, 15) is 0 Å². The molecule has 1 aromatic rings. The third-order valence-corrected chi connectivity index (χ3v) is 2.69. The highest BCUT2D eigenvalue weighted by Gasteiger charge is 2.13. The van der Waals surface area contributed by atoms with Crippen molar-refractivity contribution in [3.63, 3.8) is 0 Å². The van der Waals surface area contributed by atoms with Crippen molar-refractivity contribution in [1.82, 2.24) is 15.3 Å². The van der Waals surface area contributed by atoms with Crippen LogP contribution in [0.2, 0.25) is 5.28 Å². The van der Waals surface area contributed by atoms with Crippen molar-refractivity contribution < 1.29 is 0 Å². The molecule has 0 bridgehead atoms. The number of rotatable bonds is 3. The number of halogens is 2. The van der Waals surface area contributed by atoms with Gasteiger partial charge in [-0.3, -0.25) is 0 Å². The van der Waals surface area contributed by atoms with Crippen LogP contribution in [0.3, 0.4) is 0 Å². The van der Waals surface area contributed by atoms with Crippen LogP contribution in [0, 0.1) is 6.92 Å². The first-order valence-corrected chi connectivity index (χ1v) is 5.60. The second-order valence-electron chi connectivity index (χ2n) is 3.84. The molecular formula is C10H16Cl2N4. The Morgan fingerprint density at radius 2 is 2.38 bits per heavy atom. The van der Waals surface area contributed by atoms with Crippen LogP contribution < -0.4 is 10.6 Å². The maximum absolute atomic E-state index is 5.77. The van der Waals surface area contributed by atoms with Gasteiger partial charge in [-0.2, -0.15) is 0 Å². The van der Waals surface area contributed by atoms with Gasteiger partial charge >= 0.3 is 0 Å². The van der Waals surface area contributed by atoms with Gasteiger partial charge < -0.3 is 10.6 Å². The maximum Gasteiger partial charge on any atom is 0.224 e. The third kappa shape index (κ3) is 3.77. The Kier molecular flexibility index (Phi) is 5.25. The summed E-state index contributed by atoms with van der Waals surface area (Å²) in [6.45, 7) is 3.93. The molecule has 2 heterocycles. The van der Waals surface area contributed by atoms with E-state index in [-0.39, 0.29) is 12.4 Å². The van der Waals surface area contributed by atoms with E-state index in [2.05, 4.69) is 20.6 Å². The minimum atomic E-state index is 0. The zero-order valence-electron chi connectivity index (χ0n) is 9.16. The number of anilines is 1. The molecule has 0 spiro atoms. The molecule has 4 nitrogen and oxygen atoms in total. The monoisotopic (exact) mass is 262 g/mol. The van der Waals surface area contributed by atoms with E-state index in [0.717, 1.165) is 24.6 Å². The first kappa shape index (κ1) is 13.5. The van der Waals surface area contributed by atoms with Gasteiger partial charge in [0, 0.05) is 24.3 Å². The number of nitrogens with zero attached hydrogens (tertiary/aromatic N) is 2. The number of nitrogens with one attached hydrogen (secondary N) is 2. The Bertz CT molecular complexity index is 319. The third-order valence-electron chi connectivity index (χ3n) is 2.52.